The molecule has 0 aromatic carbocycles. The van der Waals surface area contributed by atoms with E-state index in [1.54, 1.807) is 14.0 Å². The van der Waals surface area contributed by atoms with E-state index in [0.717, 1.165) is 17.8 Å². The minimum absolute atomic E-state index is 0.185. The quantitative estimate of drug-likeness (QED) is 0.871. The van der Waals surface area contributed by atoms with Gasteiger partial charge in [0.2, 0.25) is 0 Å². The molecule has 1 heterocycles. The normalized spacial score (nSPS) is 18.4. The van der Waals surface area contributed by atoms with Crippen molar-refractivity contribution in [1.29, 1.82) is 0 Å². The molecule has 0 radical (unpaired) electrons. The highest BCUT2D eigenvalue weighted by molar-refractivity contribution is 7.13. The Labute approximate surface area is 127 Å². The van der Waals surface area contributed by atoms with Crippen LogP contribution in [0.4, 0.5) is 0 Å². The first-order chi connectivity index (χ1) is 9.89. The maximum absolute atomic E-state index is 12.4. The fraction of sp³-hybridized carbons (Fsp3) is 0.643. The Morgan fingerprint density at radius 1 is 1.43 bits per heavy atom. The molecule has 2 N–H and O–H groups in total. The van der Waals surface area contributed by atoms with E-state index in [0.29, 0.717) is 23.4 Å². The zero-order valence-corrected chi connectivity index (χ0v) is 13.2. The molecule has 1 atom stereocenters. The molecule has 1 amide bonds. The maximum Gasteiger partial charge on any atom is 0.329 e. The van der Waals surface area contributed by atoms with Crippen LogP contribution in [0.15, 0.2) is 0 Å². The Kier molecular flexibility index (Phi) is 4.63. The summed E-state index contributed by atoms with van der Waals surface area (Å²) in [6, 6.07) is 0. The van der Waals surface area contributed by atoms with E-state index in [1.807, 2.05) is 6.92 Å². The lowest BCUT2D eigenvalue weighted by atomic mass is 9.98. The molecule has 116 valence electrons. The lowest BCUT2D eigenvalue weighted by Gasteiger charge is -2.25. The van der Waals surface area contributed by atoms with Crippen molar-refractivity contribution in [3.05, 3.63) is 15.6 Å². The number of aryl methyl sites for hydroxylation is 1. The molecule has 1 unspecified atom stereocenters. The molecule has 1 saturated carbocycles. The van der Waals surface area contributed by atoms with Crippen LogP contribution in [0.1, 0.15) is 59.1 Å². The van der Waals surface area contributed by atoms with Crippen LogP contribution >= 0.6 is 11.3 Å². The van der Waals surface area contributed by atoms with Gasteiger partial charge in [0.05, 0.1) is 5.69 Å². The number of rotatable bonds is 5. The number of amides is 1. The number of carboxylic acid groups (broad SMARTS) is 1. The van der Waals surface area contributed by atoms with Crippen LogP contribution in [0.2, 0.25) is 0 Å². The number of carbonyl (C=O) groups excluding carboxylic acids is 1. The maximum atomic E-state index is 12.4. The predicted molar refractivity (Wildman–Crippen MR) is 78.6 cm³/mol. The number of methoxy groups -OCH3 is 1. The summed E-state index contributed by atoms with van der Waals surface area (Å²) in [5.74, 6) is -1.31. The van der Waals surface area contributed by atoms with Gasteiger partial charge in [-0.3, -0.25) is 4.79 Å². The van der Waals surface area contributed by atoms with Crippen LogP contribution in [0.5, 0.6) is 0 Å². The summed E-state index contributed by atoms with van der Waals surface area (Å²) in [6.45, 7) is 3.61. The molecule has 0 aliphatic heterocycles. The van der Waals surface area contributed by atoms with Gasteiger partial charge in [-0.2, -0.15) is 0 Å². The van der Waals surface area contributed by atoms with Gasteiger partial charge in [0.15, 0.2) is 0 Å². The van der Waals surface area contributed by atoms with Crippen molar-refractivity contribution in [2.75, 3.05) is 7.11 Å². The first-order valence-corrected chi connectivity index (χ1v) is 7.77. The van der Waals surface area contributed by atoms with E-state index in [-0.39, 0.29) is 12.0 Å². The van der Waals surface area contributed by atoms with Gasteiger partial charge in [-0.1, -0.05) is 12.8 Å². The molecule has 6 nitrogen and oxygen atoms in total. The Balaban J connectivity index is 2.20. The minimum Gasteiger partial charge on any atom is -0.480 e. The molecule has 1 aliphatic rings. The van der Waals surface area contributed by atoms with Crippen LogP contribution < -0.4 is 5.32 Å². The first-order valence-electron chi connectivity index (χ1n) is 6.95. The van der Waals surface area contributed by atoms with Crippen molar-refractivity contribution >= 4 is 23.2 Å². The lowest BCUT2D eigenvalue weighted by molar-refractivity contribution is -0.144. The summed E-state index contributed by atoms with van der Waals surface area (Å²) in [4.78, 5) is 28.7. The van der Waals surface area contributed by atoms with Gasteiger partial charge in [0.25, 0.3) is 5.91 Å². The third kappa shape index (κ3) is 3.08. The number of carbonyl (C=O) groups is 2. The van der Waals surface area contributed by atoms with E-state index < -0.39 is 11.5 Å². The topological polar surface area (TPSA) is 88.5 Å². The Hall–Kier alpha value is -1.47. The molecule has 21 heavy (non-hydrogen) atoms. The van der Waals surface area contributed by atoms with E-state index in [4.69, 9.17) is 4.74 Å². The lowest BCUT2D eigenvalue weighted by Crippen LogP contribution is -2.52. The SMILES string of the molecule is COC(C)c1nc(C)c(C(=O)NC2(C(=O)O)CCCC2)s1. The van der Waals surface area contributed by atoms with Gasteiger partial charge in [0.1, 0.15) is 21.5 Å². The molecule has 2 rings (SSSR count). The summed E-state index contributed by atoms with van der Waals surface area (Å²) in [6.07, 6.45) is 2.41. The van der Waals surface area contributed by atoms with Crippen LogP contribution in [-0.2, 0) is 9.53 Å². The van der Waals surface area contributed by atoms with Crippen molar-refractivity contribution < 1.29 is 19.4 Å². The number of carboxylic acids is 1. The van der Waals surface area contributed by atoms with Gasteiger partial charge in [-0.25, -0.2) is 9.78 Å². The standard InChI is InChI=1S/C14H20N2O4S/c1-8-10(21-12(15-8)9(2)20-3)11(17)16-14(13(18)19)6-4-5-7-14/h9H,4-7H2,1-3H3,(H,16,17)(H,18,19). The molecular formula is C14H20N2O4S. The number of nitrogens with one attached hydrogen (secondary N) is 1. The second-order valence-electron chi connectivity index (χ2n) is 5.39. The molecule has 7 heteroatoms. The molecule has 1 fully saturated rings. The van der Waals surface area contributed by atoms with E-state index in [1.165, 1.54) is 11.3 Å². The number of hydrogen-bond donors (Lipinski definition) is 2. The van der Waals surface area contributed by atoms with Crippen molar-refractivity contribution in [1.82, 2.24) is 10.3 Å². The number of nitrogens with zero attached hydrogens (tertiary/aromatic N) is 1. The van der Waals surface area contributed by atoms with Crippen LogP contribution in [-0.4, -0.2) is 34.6 Å². The molecule has 0 saturated heterocycles. The zero-order chi connectivity index (χ0) is 15.6. The van der Waals surface area contributed by atoms with Crippen molar-refractivity contribution in [2.45, 2.75) is 51.2 Å². The second-order valence-corrected chi connectivity index (χ2v) is 6.42. The highest BCUT2D eigenvalue weighted by atomic mass is 32.1. The predicted octanol–water partition coefficient (Wildman–Crippen LogP) is 2.29. The van der Waals surface area contributed by atoms with Gasteiger partial charge < -0.3 is 15.2 Å². The summed E-state index contributed by atoms with van der Waals surface area (Å²) in [5, 5.41) is 12.8. The smallest absolute Gasteiger partial charge is 0.329 e. The molecular weight excluding hydrogens is 292 g/mol. The molecule has 0 spiro atoms. The summed E-state index contributed by atoms with van der Waals surface area (Å²) < 4.78 is 5.20. The fourth-order valence-corrected chi connectivity index (χ4v) is 3.54. The Morgan fingerprint density at radius 3 is 2.57 bits per heavy atom. The van der Waals surface area contributed by atoms with Crippen LogP contribution in [0.25, 0.3) is 0 Å². The van der Waals surface area contributed by atoms with E-state index in [2.05, 4.69) is 10.3 Å². The molecule has 0 bridgehead atoms. The number of ether oxygens (including phenoxy) is 1. The van der Waals surface area contributed by atoms with Crippen molar-refractivity contribution in [3.63, 3.8) is 0 Å². The summed E-state index contributed by atoms with van der Waals surface area (Å²) in [7, 11) is 1.58. The van der Waals surface area contributed by atoms with Gasteiger partial charge >= 0.3 is 5.97 Å². The number of aliphatic carboxylic acids is 1. The minimum atomic E-state index is -1.12. The number of thiazole rings is 1. The largest absolute Gasteiger partial charge is 0.480 e. The Morgan fingerprint density at radius 2 is 2.05 bits per heavy atom. The third-order valence-corrected chi connectivity index (χ3v) is 5.26. The Bertz CT molecular complexity index is 549. The average molecular weight is 312 g/mol. The van der Waals surface area contributed by atoms with E-state index >= 15 is 0 Å². The molecule has 1 aromatic heterocycles. The summed E-state index contributed by atoms with van der Waals surface area (Å²) >= 11 is 1.25. The van der Waals surface area contributed by atoms with E-state index in [9.17, 15) is 14.7 Å². The highest BCUT2D eigenvalue weighted by Crippen LogP contribution is 2.31. The third-order valence-electron chi connectivity index (χ3n) is 3.94. The van der Waals surface area contributed by atoms with Crippen LogP contribution in [0.3, 0.4) is 0 Å². The van der Waals surface area contributed by atoms with Crippen LogP contribution in [0, 0.1) is 6.92 Å². The molecule has 1 aromatic rings. The van der Waals surface area contributed by atoms with Crippen molar-refractivity contribution in [2.24, 2.45) is 0 Å². The summed E-state index contributed by atoms with van der Waals surface area (Å²) in [5.41, 5.74) is -0.518. The zero-order valence-electron chi connectivity index (χ0n) is 12.4. The number of aromatic nitrogens is 1. The van der Waals surface area contributed by atoms with Crippen molar-refractivity contribution in [3.8, 4) is 0 Å². The van der Waals surface area contributed by atoms with Gasteiger partial charge in [-0.15, -0.1) is 11.3 Å². The van der Waals surface area contributed by atoms with Gasteiger partial charge in [-0.05, 0) is 26.7 Å². The first kappa shape index (κ1) is 15.9. The average Bonchev–Trinajstić information content (AvgIpc) is 3.05. The van der Waals surface area contributed by atoms with Gasteiger partial charge in [0, 0.05) is 7.11 Å². The monoisotopic (exact) mass is 312 g/mol. The molecule has 1 aliphatic carbocycles. The second kappa shape index (κ2) is 6.11. The fourth-order valence-electron chi connectivity index (χ4n) is 2.55. The highest BCUT2D eigenvalue weighted by Gasteiger charge is 2.43. The number of hydrogen-bond acceptors (Lipinski definition) is 5.